The molecular weight excluding hydrogens is 433 g/mol. The Morgan fingerprint density at radius 2 is 1.88 bits per heavy atom. The monoisotopic (exact) mass is 451 g/mol. The number of hydrogen-bond donors (Lipinski definition) is 0. The molecule has 0 saturated carbocycles. The molecule has 1 heterocycles. The molecule has 2 aromatic carbocycles. The molecule has 3 aromatic rings. The van der Waals surface area contributed by atoms with E-state index in [0.717, 1.165) is 50.6 Å². The molecule has 3 rings (SSSR count). The quantitative estimate of drug-likeness (QED) is 0.472. The predicted octanol–water partition coefficient (Wildman–Crippen LogP) is 5.61. The number of halogens is 2. The maximum atomic E-state index is 6.30. The fourth-order valence-corrected chi connectivity index (χ4v) is 3.97. The first-order valence-electron chi connectivity index (χ1n) is 8.00. The molecule has 5 heteroatoms. The Kier molecular flexibility index (Phi) is 5.56. The van der Waals surface area contributed by atoms with Gasteiger partial charge in [0.1, 0.15) is 11.6 Å². The van der Waals surface area contributed by atoms with Gasteiger partial charge < -0.3 is 4.90 Å². The van der Waals surface area contributed by atoms with Gasteiger partial charge in [-0.1, -0.05) is 48.9 Å². The summed E-state index contributed by atoms with van der Waals surface area (Å²) in [6.07, 6.45) is 1.05. The Labute approximate surface area is 161 Å². The smallest absolute Gasteiger partial charge is 0.140 e. The van der Waals surface area contributed by atoms with Gasteiger partial charge in [0.15, 0.2) is 0 Å². The number of fused-ring (bicyclic) bond motifs is 1. The third kappa shape index (κ3) is 3.81. The van der Waals surface area contributed by atoms with Gasteiger partial charge >= 0.3 is 0 Å². The molecule has 0 unspecified atom stereocenters. The number of nitrogens with zero attached hydrogens (tertiary/aromatic N) is 3. The van der Waals surface area contributed by atoms with Crippen LogP contribution in [0.3, 0.4) is 0 Å². The summed E-state index contributed by atoms with van der Waals surface area (Å²) in [5.74, 6) is 1.75. The zero-order valence-corrected chi connectivity index (χ0v) is 16.7. The maximum Gasteiger partial charge on any atom is 0.140 e. The Morgan fingerprint density at radius 1 is 1.12 bits per heavy atom. The molecule has 0 bridgehead atoms. The summed E-state index contributed by atoms with van der Waals surface area (Å²) in [5.41, 5.74) is 2.24. The number of anilines is 1. The largest absolute Gasteiger partial charge is 0.352 e. The molecule has 0 radical (unpaired) electrons. The van der Waals surface area contributed by atoms with Crippen molar-refractivity contribution in [3.8, 4) is 0 Å². The van der Waals surface area contributed by atoms with E-state index in [9.17, 15) is 0 Å². The summed E-state index contributed by atoms with van der Waals surface area (Å²) in [4.78, 5) is 11.7. The lowest BCUT2D eigenvalue weighted by molar-refractivity contribution is 0.754. The lowest BCUT2D eigenvalue weighted by Gasteiger charge is -2.25. The molecule has 0 saturated heterocycles. The molecule has 0 amide bonds. The van der Waals surface area contributed by atoms with Crippen LogP contribution >= 0.6 is 34.2 Å². The fourth-order valence-electron chi connectivity index (χ4n) is 2.82. The fraction of sp³-hybridized carbons (Fsp3) is 0.263. The number of benzene rings is 2. The third-order valence-corrected chi connectivity index (χ3v) is 4.86. The van der Waals surface area contributed by atoms with Crippen LogP contribution in [0, 0.1) is 10.5 Å². The number of aromatic nitrogens is 2. The Hall–Kier alpha value is -1.40. The molecule has 0 atom stereocenters. The minimum absolute atomic E-state index is 0.719. The minimum Gasteiger partial charge on any atom is -0.352 e. The van der Waals surface area contributed by atoms with Crippen molar-refractivity contribution in [1.82, 2.24) is 9.97 Å². The second-order valence-electron chi connectivity index (χ2n) is 5.79. The van der Waals surface area contributed by atoms with Crippen molar-refractivity contribution in [2.75, 3.05) is 11.4 Å². The van der Waals surface area contributed by atoms with E-state index in [0.29, 0.717) is 0 Å². The van der Waals surface area contributed by atoms with Gasteiger partial charge in [-0.05, 0) is 53.6 Å². The maximum absolute atomic E-state index is 6.30. The van der Waals surface area contributed by atoms with Gasteiger partial charge in [-0.3, -0.25) is 0 Å². The van der Waals surface area contributed by atoms with Gasteiger partial charge in [-0.15, -0.1) is 0 Å². The summed E-state index contributed by atoms with van der Waals surface area (Å²) in [6, 6.07) is 14.4. The summed E-state index contributed by atoms with van der Waals surface area (Å²) < 4.78 is 1.05. The highest BCUT2D eigenvalue weighted by molar-refractivity contribution is 14.1. The van der Waals surface area contributed by atoms with E-state index in [1.165, 1.54) is 5.56 Å². The summed E-state index contributed by atoms with van der Waals surface area (Å²) >= 11 is 8.59. The minimum atomic E-state index is 0.719. The average Bonchev–Trinajstić information content (AvgIpc) is 2.56. The van der Waals surface area contributed by atoms with Gasteiger partial charge in [0.25, 0.3) is 0 Å². The van der Waals surface area contributed by atoms with Crippen molar-refractivity contribution in [3.63, 3.8) is 0 Å². The number of rotatable bonds is 5. The molecule has 1 aromatic heterocycles. The molecule has 0 aliphatic rings. The van der Waals surface area contributed by atoms with Crippen LogP contribution < -0.4 is 4.90 Å². The van der Waals surface area contributed by atoms with Gasteiger partial charge in [0.05, 0.1) is 5.52 Å². The van der Waals surface area contributed by atoms with Crippen LogP contribution in [0.25, 0.3) is 10.9 Å². The van der Waals surface area contributed by atoms with Crippen LogP contribution in [-0.2, 0) is 6.54 Å². The standard InChI is InChI=1S/C19H19ClIN3/c1-3-9-24(12-14-7-5-4-6-8-14)19-16-10-15(20)11-17(21)18(16)22-13(2)23-19/h4-8,10-11H,3,9,12H2,1-2H3. The molecular formula is C19H19ClIN3. The van der Waals surface area contributed by atoms with Crippen molar-refractivity contribution >= 4 is 50.9 Å². The van der Waals surface area contributed by atoms with Crippen molar-refractivity contribution in [2.24, 2.45) is 0 Å². The van der Waals surface area contributed by atoms with Gasteiger partial charge in [0, 0.05) is 27.1 Å². The van der Waals surface area contributed by atoms with Crippen molar-refractivity contribution in [3.05, 3.63) is 62.4 Å². The van der Waals surface area contributed by atoms with Gasteiger partial charge in [-0.25, -0.2) is 9.97 Å². The van der Waals surface area contributed by atoms with Crippen molar-refractivity contribution in [1.29, 1.82) is 0 Å². The first-order valence-corrected chi connectivity index (χ1v) is 9.46. The number of hydrogen-bond acceptors (Lipinski definition) is 3. The van der Waals surface area contributed by atoms with Gasteiger partial charge in [0.2, 0.25) is 0 Å². The normalized spacial score (nSPS) is 11.0. The Balaban J connectivity index is 2.13. The lowest BCUT2D eigenvalue weighted by Crippen LogP contribution is -2.25. The zero-order chi connectivity index (χ0) is 17.1. The molecule has 124 valence electrons. The topological polar surface area (TPSA) is 29.0 Å². The van der Waals surface area contributed by atoms with Gasteiger partial charge in [-0.2, -0.15) is 0 Å². The van der Waals surface area contributed by atoms with E-state index in [2.05, 4.69) is 63.7 Å². The molecule has 0 spiro atoms. The Bertz CT molecular complexity index is 852. The average molecular weight is 452 g/mol. The van der Waals surface area contributed by atoms with E-state index in [1.807, 2.05) is 25.1 Å². The van der Waals surface area contributed by atoms with Crippen molar-refractivity contribution in [2.45, 2.75) is 26.8 Å². The van der Waals surface area contributed by atoms with E-state index < -0.39 is 0 Å². The molecule has 0 fully saturated rings. The van der Waals surface area contributed by atoms with E-state index in [1.54, 1.807) is 0 Å². The van der Waals surface area contributed by atoms with E-state index in [4.69, 9.17) is 16.6 Å². The van der Waals surface area contributed by atoms with Crippen LogP contribution in [0.2, 0.25) is 5.02 Å². The molecule has 0 aliphatic heterocycles. The first kappa shape index (κ1) is 17.4. The molecule has 0 N–H and O–H groups in total. The van der Waals surface area contributed by atoms with Crippen LogP contribution in [-0.4, -0.2) is 16.5 Å². The zero-order valence-electron chi connectivity index (χ0n) is 13.8. The molecule has 0 aliphatic carbocycles. The highest BCUT2D eigenvalue weighted by Crippen LogP contribution is 2.31. The van der Waals surface area contributed by atoms with Crippen LogP contribution in [0.4, 0.5) is 5.82 Å². The lowest BCUT2D eigenvalue weighted by atomic mass is 10.1. The van der Waals surface area contributed by atoms with Crippen molar-refractivity contribution < 1.29 is 0 Å². The second-order valence-corrected chi connectivity index (χ2v) is 7.38. The van der Waals surface area contributed by atoms with Crippen LogP contribution in [0.15, 0.2) is 42.5 Å². The van der Waals surface area contributed by atoms with E-state index >= 15 is 0 Å². The molecule has 24 heavy (non-hydrogen) atoms. The summed E-state index contributed by atoms with van der Waals surface area (Å²) in [6.45, 7) is 5.89. The van der Waals surface area contributed by atoms with Crippen LogP contribution in [0.1, 0.15) is 24.7 Å². The summed E-state index contributed by atoms with van der Waals surface area (Å²) in [7, 11) is 0. The Morgan fingerprint density at radius 3 is 2.58 bits per heavy atom. The SMILES string of the molecule is CCCN(Cc1ccccc1)c1nc(C)nc2c(I)cc(Cl)cc12. The van der Waals surface area contributed by atoms with Crippen LogP contribution in [0.5, 0.6) is 0 Å². The third-order valence-electron chi connectivity index (χ3n) is 3.82. The van der Waals surface area contributed by atoms with E-state index in [-0.39, 0.29) is 0 Å². The summed E-state index contributed by atoms with van der Waals surface area (Å²) in [5, 5.41) is 1.73. The second kappa shape index (κ2) is 7.66. The highest BCUT2D eigenvalue weighted by atomic mass is 127. The molecule has 3 nitrogen and oxygen atoms in total. The highest BCUT2D eigenvalue weighted by Gasteiger charge is 2.16. The number of aryl methyl sites for hydroxylation is 1. The predicted molar refractivity (Wildman–Crippen MR) is 110 cm³/mol. The first-order chi connectivity index (χ1) is 11.6.